The minimum absolute atomic E-state index is 0.149. The van der Waals surface area contributed by atoms with E-state index in [1.165, 1.54) is 6.42 Å². The average Bonchev–Trinajstić information content (AvgIpc) is 2.39. The van der Waals surface area contributed by atoms with E-state index in [1.807, 2.05) is 30.0 Å². The van der Waals surface area contributed by atoms with Gasteiger partial charge in [-0.15, -0.1) is 0 Å². The monoisotopic (exact) mass is 233 g/mol. The summed E-state index contributed by atoms with van der Waals surface area (Å²) in [4.78, 5) is 14.2. The van der Waals surface area contributed by atoms with Crippen molar-refractivity contribution in [3.63, 3.8) is 0 Å². The van der Waals surface area contributed by atoms with Gasteiger partial charge in [-0.1, -0.05) is 0 Å². The normalized spacial score (nSPS) is 15.8. The van der Waals surface area contributed by atoms with Gasteiger partial charge in [-0.25, -0.2) is 0 Å². The summed E-state index contributed by atoms with van der Waals surface area (Å²) in [6, 6.07) is 5.63. The number of nitrogens with zero attached hydrogens (tertiary/aromatic N) is 1. The Morgan fingerprint density at radius 3 is 2.53 bits per heavy atom. The van der Waals surface area contributed by atoms with E-state index in [2.05, 4.69) is 0 Å². The highest BCUT2D eigenvalue weighted by atomic mass is 16.5. The summed E-state index contributed by atoms with van der Waals surface area (Å²) in [7, 11) is 1.65. The zero-order chi connectivity index (χ0) is 12.3. The van der Waals surface area contributed by atoms with Gasteiger partial charge in [-0.2, -0.15) is 0 Å². The molecule has 0 radical (unpaired) electrons. The van der Waals surface area contributed by atoms with Crippen molar-refractivity contribution in [2.75, 3.05) is 20.2 Å². The zero-order valence-corrected chi connectivity index (χ0v) is 10.5. The molecule has 0 spiro atoms. The highest BCUT2D eigenvalue weighted by molar-refractivity contribution is 5.94. The van der Waals surface area contributed by atoms with E-state index < -0.39 is 0 Å². The second-order valence-electron chi connectivity index (χ2n) is 4.54. The number of methoxy groups -OCH3 is 1. The molecule has 1 aliphatic heterocycles. The van der Waals surface area contributed by atoms with E-state index in [9.17, 15) is 4.79 Å². The number of ether oxygens (including phenoxy) is 1. The van der Waals surface area contributed by atoms with Gasteiger partial charge in [0.1, 0.15) is 5.75 Å². The van der Waals surface area contributed by atoms with Crippen molar-refractivity contribution < 1.29 is 9.53 Å². The summed E-state index contributed by atoms with van der Waals surface area (Å²) in [6.45, 7) is 3.75. The highest BCUT2D eigenvalue weighted by Gasteiger charge is 2.18. The number of amides is 1. The van der Waals surface area contributed by atoms with Crippen LogP contribution in [0.15, 0.2) is 18.2 Å². The van der Waals surface area contributed by atoms with Crippen molar-refractivity contribution in [2.24, 2.45) is 0 Å². The minimum Gasteiger partial charge on any atom is -0.496 e. The predicted octanol–water partition coefficient (Wildman–Crippen LogP) is 2.63. The largest absolute Gasteiger partial charge is 0.496 e. The van der Waals surface area contributed by atoms with Gasteiger partial charge in [0.2, 0.25) is 0 Å². The second kappa shape index (κ2) is 5.21. The molecule has 0 unspecified atom stereocenters. The average molecular weight is 233 g/mol. The zero-order valence-electron chi connectivity index (χ0n) is 10.5. The Balaban J connectivity index is 2.16. The maximum absolute atomic E-state index is 12.2. The van der Waals surface area contributed by atoms with Gasteiger partial charge in [-0.05, 0) is 49.9 Å². The van der Waals surface area contributed by atoms with Gasteiger partial charge in [0.05, 0.1) is 7.11 Å². The van der Waals surface area contributed by atoms with E-state index in [-0.39, 0.29) is 5.91 Å². The molecule has 1 aromatic carbocycles. The van der Waals surface area contributed by atoms with Crippen molar-refractivity contribution in [3.05, 3.63) is 29.3 Å². The van der Waals surface area contributed by atoms with Crippen LogP contribution in [0.1, 0.15) is 35.2 Å². The van der Waals surface area contributed by atoms with Crippen molar-refractivity contribution in [2.45, 2.75) is 26.2 Å². The first-order valence-corrected chi connectivity index (χ1v) is 6.16. The van der Waals surface area contributed by atoms with Gasteiger partial charge in [0, 0.05) is 18.7 Å². The number of hydrogen-bond acceptors (Lipinski definition) is 2. The lowest BCUT2D eigenvalue weighted by atomic mass is 10.1. The molecule has 0 aliphatic carbocycles. The molecule has 0 aromatic heterocycles. The van der Waals surface area contributed by atoms with E-state index in [1.54, 1.807) is 7.11 Å². The molecule has 1 fully saturated rings. The number of aryl methyl sites for hydroxylation is 1. The van der Waals surface area contributed by atoms with Gasteiger partial charge in [0.15, 0.2) is 0 Å². The van der Waals surface area contributed by atoms with Crippen LogP contribution in [0.3, 0.4) is 0 Å². The van der Waals surface area contributed by atoms with Crippen LogP contribution in [0.4, 0.5) is 0 Å². The molecule has 2 rings (SSSR count). The number of likely N-dealkylation sites (tertiary alicyclic amines) is 1. The topological polar surface area (TPSA) is 29.5 Å². The Bertz CT molecular complexity index is 409. The number of carbonyl (C=O) groups excluding carboxylic acids is 1. The molecule has 0 atom stereocenters. The Morgan fingerprint density at radius 1 is 1.24 bits per heavy atom. The van der Waals surface area contributed by atoms with Crippen LogP contribution in [0.2, 0.25) is 0 Å². The van der Waals surface area contributed by atoms with Crippen molar-refractivity contribution >= 4 is 5.91 Å². The highest BCUT2D eigenvalue weighted by Crippen LogP contribution is 2.20. The summed E-state index contributed by atoms with van der Waals surface area (Å²) in [6.07, 6.45) is 3.49. The third-order valence-electron chi connectivity index (χ3n) is 3.29. The fraction of sp³-hybridized carbons (Fsp3) is 0.500. The standard InChI is InChI=1S/C14H19NO2/c1-11-10-12(6-7-13(11)17-2)14(16)15-8-4-3-5-9-15/h6-7,10H,3-5,8-9H2,1-2H3. The lowest BCUT2D eigenvalue weighted by Crippen LogP contribution is -2.35. The molecule has 92 valence electrons. The van der Waals surface area contributed by atoms with Gasteiger partial charge < -0.3 is 9.64 Å². The Kier molecular flexibility index (Phi) is 3.67. The summed E-state index contributed by atoms with van der Waals surface area (Å²) < 4.78 is 5.20. The number of hydrogen-bond donors (Lipinski definition) is 0. The predicted molar refractivity (Wildman–Crippen MR) is 67.5 cm³/mol. The van der Waals surface area contributed by atoms with E-state index >= 15 is 0 Å². The van der Waals surface area contributed by atoms with Crippen LogP contribution in [-0.2, 0) is 0 Å². The van der Waals surface area contributed by atoms with Crippen molar-refractivity contribution in [1.29, 1.82) is 0 Å². The first kappa shape index (κ1) is 12.0. The number of carbonyl (C=O) groups is 1. The second-order valence-corrected chi connectivity index (χ2v) is 4.54. The third kappa shape index (κ3) is 2.60. The summed E-state index contributed by atoms with van der Waals surface area (Å²) >= 11 is 0. The molecule has 1 aliphatic rings. The molecule has 1 amide bonds. The molecule has 0 bridgehead atoms. The van der Waals surface area contributed by atoms with Gasteiger partial charge >= 0.3 is 0 Å². The molecule has 0 N–H and O–H groups in total. The van der Waals surface area contributed by atoms with Crippen LogP contribution in [0.25, 0.3) is 0 Å². The molecule has 1 aromatic rings. The summed E-state index contributed by atoms with van der Waals surface area (Å²) in [5, 5.41) is 0. The first-order chi connectivity index (χ1) is 8.22. The van der Waals surface area contributed by atoms with Crippen LogP contribution < -0.4 is 4.74 Å². The fourth-order valence-electron chi connectivity index (χ4n) is 2.29. The fourth-order valence-corrected chi connectivity index (χ4v) is 2.29. The van der Waals surface area contributed by atoms with Crippen LogP contribution in [0, 0.1) is 6.92 Å². The molecule has 17 heavy (non-hydrogen) atoms. The lowest BCUT2D eigenvalue weighted by Gasteiger charge is -2.26. The van der Waals surface area contributed by atoms with Crippen LogP contribution >= 0.6 is 0 Å². The molecule has 3 heteroatoms. The maximum atomic E-state index is 12.2. The molecular formula is C14H19NO2. The minimum atomic E-state index is 0.149. The number of rotatable bonds is 2. The van der Waals surface area contributed by atoms with Crippen LogP contribution in [-0.4, -0.2) is 31.0 Å². The SMILES string of the molecule is COc1ccc(C(=O)N2CCCCC2)cc1C. The van der Waals surface area contributed by atoms with Crippen molar-refractivity contribution in [3.8, 4) is 5.75 Å². The van der Waals surface area contributed by atoms with Crippen molar-refractivity contribution in [1.82, 2.24) is 4.90 Å². The number of benzene rings is 1. The smallest absolute Gasteiger partial charge is 0.253 e. The first-order valence-electron chi connectivity index (χ1n) is 6.16. The van der Waals surface area contributed by atoms with Gasteiger partial charge in [0.25, 0.3) is 5.91 Å². The Labute approximate surface area is 102 Å². The molecule has 0 saturated carbocycles. The quantitative estimate of drug-likeness (QED) is 0.786. The summed E-state index contributed by atoms with van der Waals surface area (Å²) in [5.41, 5.74) is 1.78. The number of piperidine rings is 1. The lowest BCUT2D eigenvalue weighted by molar-refractivity contribution is 0.0724. The van der Waals surface area contributed by atoms with E-state index in [0.717, 1.165) is 42.8 Å². The Hall–Kier alpha value is -1.51. The molecule has 1 saturated heterocycles. The van der Waals surface area contributed by atoms with E-state index in [0.29, 0.717) is 0 Å². The molecular weight excluding hydrogens is 214 g/mol. The van der Waals surface area contributed by atoms with Crippen LogP contribution in [0.5, 0.6) is 5.75 Å². The van der Waals surface area contributed by atoms with Gasteiger partial charge in [-0.3, -0.25) is 4.79 Å². The molecule has 1 heterocycles. The summed E-state index contributed by atoms with van der Waals surface area (Å²) in [5.74, 6) is 0.982. The maximum Gasteiger partial charge on any atom is 0.253 e. The third-order valence-corrected chi connectivity index (χ3v) is 3.29. The Morgan fingerprint density at radius 2 is 1.94 bits per heavy atom. The molecule has 3 nitrogen and oxygen atoms in total. The van der Waals surface area contributed by atoms with E-state index in [4.69, 9.17) is 4.74 Å².